The molecule has 0 aliphatic rings. The molecule has 2 N–H and O–H groups in total. The lowest BCUT2D eigenvalue weighted by molar-refractivity contribution is -0.139. The van der Waals surface area contributed by atoms with E-state index < -0.39 is 22.0 Å². The molecule has 0 fully saturated rings. The first-order valence-electron chi connectivity index (χ1n) is 5.56. The fourth-order valence-electron chi connectivity index (χ4n) is 1.63. The third-order valence-electron chi connectivity index (χ3n) is 2.57. The normalized spacial score (nSPS) is 13.0. The van der Waals surface area contributed by atoms with Crippen LogP contribution in [0.1, 0.15) is 11.6 Å². The molecule has 1 aromatic heterocycles. The minimum Gasteiger partial charge on any atom is -0.480 e. The van der Waals surface area contributed by atoms with Crippen LogP contribution in [-0.2, 0) is 14.8 Å². The molecule has 0 amide bonds. The van der Waals surface area contributed by atoms with E-state index >= 15 is 0 Å². The molecule has 112 valence electrons. The van der Waals surface area contributed by atoms with Crippen LogP contribution in [0.25, 0.3) is 0 Å². The predicted molar refractivity (Wildman–Crippen MR) is 81.5 cm³/mol. The van der Waals surface area contributed by atoms with Crippen LogP contribution < -0.4 is 4.72 Å². The van der Waals surface area contributed by atoms with Crippen LogP contribution in [0.2, 0.25) is 8.67 Å². The molecule has 0 unspecified atom stereocenters. The van der Waals surface area contributed by atoms with Crippen molar-refractivity contribution in [3.05, 3.63) is 50.6 Å². The van der Waals surface area contributed by atoms with Crippen LogP contribution >= 0.6 is 34.5 Å². The number of carbonyl (C=O) groups is 1. The molecule has 0 bridgehead atoms. The third kappa shape index (κ3) is 3.75. The maximum Gasteiger partial charge on any atom is 0.326 e. The molecule has 1 aromatic carbocycles. The highest BCUT2D eigenvalue weighted by molar-refractivity contribution is 7.89. The maximum atomic E-state index is 12.2. The highest BCUT2D eigenvalue weighted by atomic mass is 35.5. The first-order chi connectivity index (χ1) is 9.81. The minimum absolute atomic E-state index is 0.0234. The average Bonchev–Trinajstić information content (AvgIpc) is 2.77. The van der Waals surface area contributed by atoms with Gasteiger partial charge in [0.25, 0.3) is 0 Å². The van der Waals surface area contributed by atoms with Crippen LogP contribution in [0, 0.1) is 0 Å². The van der Waals surface area contributed by atoms with Gasteiger partial charge in [-0.3, -0.25) is 4.79 Å². The molecule has 1 heterocycles. The van der Waals surface area contributed by atoms with Gasteiger partial charge in [-0.1, -0.05) is 53.5 Å². The summed E-state index contributed by atoms with van der Waals surface area (Å²) in [6.45, 7) is 0. The van der Waals surface area contributed by atoms with Crippen LogP contribution in [0.15, 0.2) is 41.3 Å². The van der Waals surface area contributed by atoms with Gasteiger partial charge in [0, 0.05) is 0 Å². The van der Waals surface area contributed by atoms with Gasteiger partial charge in [0.15, 0.2) is 0 Å². The number of sulfonamides is 1. The van der Waals surface area contributed by atoms with Crippen molar-refractivity contribution in [3.8, 4) is 0 Å². The van der Waals surface area contributed by atoms with Crippen molar-refractivity contribution >= 4 is 50.5 Å². The van der Waals surface area contributed by atoms with E-state index in [-0.39, 0.29) is 13.6 Å². The molecule has 21 heavy (non-hydrogen) atoms. The largest absolute Gasteiger partial charge is 0.480 e. The van der Waals surface area contributed by atoms with E-state index in [0.717, 1.165) is 11.3 Å². The Bertz CT molecular complexity index is 759. The van der Waals surface area contributed by atoms with Crippen LogP contribution in [0.4, 0.5) is 0 Å². The summed E-state index contributed by atoms with van der Waals surface area (Å²) in [5.74, 6) is -1.32. The number of hydrogen-bond donors (Lipinski definition) is 2. The lowest BCUT2D eigenvalue weighted by atomic mass is 10.1. The Hall–Kier alpha value is -1.12. The van der Waals surface area contributed by atoms with Gasteiger partial charge < -0.3 is 5.11 Å². The van der Waals surface area contributed by atoms with E-state index in [0.29, 0.717) is 5.56 Å². The van der Waals surface area contributed by atoms with E-state index in [1.54, 1.807) is 18.2 Å². The van der Waals surface area contributed by atoms with Crippen molar-refractivity contribution in [2.24, 2.45) is 0 Å². The zero-order valence-corrected chi connectivity index (χ0v) is 13.4. The summed E-state index contributed by atoms with van der Waals surface area (Å²) < 4.78 is 26.8. The van der Waals surface area contributed by atoms with Crippen molar-refractivity contribution in [3.63, 3.8) is 0 Å². The molecule has 0 saturated carbocycles. The predicted octanol–water partition coefficient (Wildman–Crippen LogP) is 3.16. The van der Waals surface area contributed by atoms with Gasteiger partial charge in [-0.2, -0.15) is 4.72 Å². The van der Waals surface area contributed by atoms with E-state index in [1.807, 2.05) is 0 Å². The fraction of sp³-hybridized carbons (Fsp3) is 0.0833. The summed E-state index contributed by atoms with van der Waals surface area (Å²) in [7, 11) is -4.10. The van der Waals surface area contributed by atoms with Crippen LogP contribution in [0.3, 0.4) is 0 Å². The summed E-state index contributed by atoms with van der Waals surface area (Å²) in [6.07, 6.45) is 0. The van der Waals surface area contributed by atoms with Crippen molar-refractivity contribution in [1.82, 2.24) is 4.72 Å². The second kappa shape index (κ2) is 6.33. The van der Waals surface area contributed by atoms with Gasteiger partial charge >= 0.3 is 5.97 Å². The SMILES string of the molecule is O=C(O)[C@@H](NS(=O)(=O)c1cc(Cl)sc1Cl)c1ccccc1. The Morgan fingerprint density at radius 1 is 1.24 bits per heavy atom. The number of aliphatic carboxylic acids is 1. The van der Waals surface area contributed by atoms with E-state index in [4.69, 9.17) is 23.2 Å². The number of benzene rings is 1. The highest BCUT2D eigenvalue weighted by Crippen LogP contribution is 2.34. The molecule has 9 heteroatoms. The quantitative estimate of drug-likeness (QED) is 0.852. The lowest BCUT2D eigenvalue weighted by Crippen LogP contribution is -2.33. The Kier molecular flexibility index (Phi) is 4.90. The van der Waals surface area contributed by atoms with Crippen molar-refractivity contribution < 1.29 is 18.3 Å². The topological polar surface area (TPSA) is 83.5 Å². The first kappa shape index (κ1) is 16.3. The third-order valence-corrected chi connectivity index (χ3v) is 5.74. The average molecular weight is 366 g/mol. The number of nitrogens with one attached hydrogen (secondary N) is 1. The number of carboxylic acid groups (broad SMARTS) is 1. The number of rotatable bonds is 5. The molecule has 0 saturated heterocycles. The molecule has 2 aromatic rings. The first-order valence-corrected chi connectivity index (χ1v) is 8.62. The summed E-state index contributed by atoms with van der Waals surface area (Å²) in [5, 5.41) is 9.23. The molecule has 5 nitrogen and oxygen atoms in total. The zero-order chi connectivity index (χ0) is 15.6. The van der Waals surface area contributed by atoms with Gasteiger partial charge in [-0.05, 0) is 11.6 Å². The summed E-state index contributed by atoms with van der Waals surface area (Å²) >= 11 is 12.4. The lowest BCUT2D eigenvalue weighted by Gasteiger charge is -2.14. The Balaban J connectivity index is 2.37. The summed E-state index contributed by atoms with van der Waals surface area (Å²) in [4.78, 5) is 11.1. The number of carboxylic acids is 1. The van der Waals surface area contributed by atoms with Gasteiger partial charge in [0.2, 0.25) is 10.0 Å². The van der Waals surface area contributed by atoms with Gasteiger partial charge in [0.1, 0.15) is 15.3 Å². The molecular formula is C12H9Cl2NO4S2. The molecule has 2 rings (SSSR count). The molecule has 0 radical (unpaired) electrons. The minimum atomic E-state index is -4.10. The van der Waals surface area contributed by atoms with Crippen LogP contribution in [-0.4, -0.2) is 19.5 Å². The monoisotopic (exact) mass is 365 g/mol. The maximum absolute atomic E-state index is 12.2. The molecule has 0 aliphatic carbocycles. The van der Waals surface area contributed by atoms with Crippen molar-refractivity contribution in [2.75, 3.05) is 0 Å². The highest BCUT2D eigenvalue weighted by Gasteiger charge is 2.29. The van der Waals surface area contributed by atoms with Gasteiger partial charge in [0.05, 0.1) is 4.34 Å². The van der Waals surface area contributed by atoms with Crippen molar-refractivity contribution in [2.45, 2.75) is 10.9 Å². The van der Waals surface area contributed by atoms with Gasteiger partial charge in [-0.15, -0.1) is 11.3 Å². The summed E-state index contributed by atoms with van der Waals surface area (Å²) in [5.41, 5.74) is 0.311. The van der Waals surface area contributed by atoms with E-state index in [2.05, 4.69) is 4.72 Å². The zero-order valence-electron chi connectivity index (χ0n) is 10.3. The van der Waals surface area contributed by atoms with Crippen molar-refractivity contribution in [1.29, 1.82) is 0 Å². The number of halogens is 2. The smallest absolute Gasteiger partial charge is 0.326 e. The van der Waals surface area contributed by atoms with E-state index in [9.17, 15) is 18.3 Å². The van der Waals surface area contributed by atoms with E-state index in [1.165, 1.54) is 18.2 Å². The fourth-order valence-corrected chi connectivity index (χ4v) is 4.96. The standard InChI is InChI=1S/C12H9Cl2NO4S2/c13-9-6-8(11(14)20-9)21(18,19)15-10(12(16)17)7-4-2-1-3-5-7/h1-6,10,15H,(H,16,17)/t10-/m0/s1. The molecular weight excluding hydrogens is 357 g/mol. The Labute approximate surface area is 135 Å². The second-order valence-electron chi connectivity index (χ2n) is 3.99. The molecule has 0 spiro atoms. The second-order valence-corrected chi connectivity index (χ2v) is 7.96. The number of hydrogen-bond acceptors (Lipinski definition) is 4. The Morgan fingerprint density at radius 2 is 1.86 bits per heavy atom. The summed E-state index contributed by atoms with van der Waals surface area (Å²) in [6, 6.07) is 7.74. The molecule has 1 atom stereocenters. The molecule has 0 aliphatic heterocycles. The van der Waals surface area contributed by atoms with Crippen LogP contribution in [0.5, 0.6) is 0 Å². The Morgan fingerprint density at radius 3 is 2.33 bits per heavy atom. The number of thiophene rings is 1. The van der Waals surface area contributed by atoms with Gasteiger partial charge in [-0.25, -0.2) is 8.42 Å².